The van der Waals surface area contributed by atoms with E-state index in [2.05, 4.69) is 41.8 Å². The smallest absolute Gasteiger partial charge is 0.162 e. The van der Waals surface area contributed by atoms with Crippen LogP contribution in [0.5, 0.6) is 0 Å². The summed E-state index contributed by atoms with van der Waals surface area (Å²) in [6.45, 7) is 0. The van der Waals surface area contributed by atoms with Crippen LogP contribution in [-0.4, -0.2) is 17.1 Å². The fourth-order valence-corrected chi connectivity index (χ4v) is 2.69. The van der Waals surface area contributed by atoms with Gasteiger partial charge >= 0.3 is 0 Å². The third kappa shape index (κ3) is 1.73. The molecule has 0 bridgehead atoms. The van der Waals surface area contributed by atoms with Gasteiger partial charge in [-0.05, 0) is 51.1 Å². The van der Waals surface area contributed by atoms with Crippen molar-refractivity contribution in [3.63, 3.8) is 0 Å². The monoisotopic (exact) mass is 320 g/mol. The highest BCUT2D eigenvalue weighted by molar-refractivity contribution is 9.11. The first-order valence-corrected chi connectivity index (χ1v) is 6.01. The van der Waals surface area contributed by atoms with Gasteiger partial charge in [-0.2, -0.15) is 0 Å². The molecular formula is C9H10Br2N2O. The number of hydrogen-bond donors (Lipinski definition) is 0. The van der Waals surface area contributed by atoms with E-state index in [4.69, 9.17) is 4.74 Å². The maximum absolute atomic E-state index is 5.50. The molecule has 0 aliphatic heterocycles. The molecule has 0 saturated heterocycles. The van der Waals surface area contributed by atoms with Crippen LogP contribution in [0.25, 0.3) is 0 Å². The van der Waals surface area contributed by atoms with Crippen molar-refractivity contribution in [2.45, 2.75) is 24.9 Å². The minimum absolute atomic E-state index is 0.244. The van der Waals surface area contributed by atoms with Crippen LogP contribution < -0.4 is 0 Å². The summed E-state index contributed by atoms with van der Waals surface area (Å²) in [6.07, 6.45) is 3.19. The molecule has 1 aliphatic carbocycles. The average molecular weight is 322 g/mol. The van der Waals surface area contributed by atoms with Crippen LogP contribution in [0.2, 0.25) is 0 Å². The Morgan fingerprint density at radius 1 is 1.29 bits per heavy atom. The first-order valence-electron chi connectivity index (χ1n) is 4.42. The van der Waals surface area contributed by atoms with Crippen LogP contribution in [0.1, 0.15) is 25.1 Å². The number of hydrogen-bond acceptors (Lipinski definition) is 3. The van der Waals surface area contributed by atoms with E-state index in [1.807, 2.05) is 6.07 Å². The van der Waals surface area contributed by atoms with Crippen molar-refractivity contribution >= 4 is 31.9 Å². The Hall–Kier alpha value is -0.0000000000000000555. The number of methoxy groups -OCH3 is 1. The fourth-order valence-electron chi connectivity index (χ4n) is 1.61. The topological polar surface area (TPSA) is 35.0 Å². The van der Waals surface area contributed by atoms with Gasteiger partial charge in [-0.15, -0.1) is 0 Å². The Morgan fingerprint density at radius 2 is 1.86 bits per heavy atom. The summed E-state index contributed by atoms with van der Waals surface area (Å²) < 4.78 is 7.08. The molecule has 0 aromatic carbocycles. The fraction of sp³-hybridized carbons (Fsp3) is 0.556. The zero-order chi connectivity index (χ0) is 10.2. The van der Waals surface area contributed by atoms with E-state index >= 15 is 0 Å². The zero-order valence-electron chi connectivity index (χ0n) is 7.76. The van der Waals surface area contributed by atoms with Crippen molar-refractivity contribution < 1.29 is 4.74 Å². The van der Waals surface area contributed by atoms with Crippen molar-refractivity contribution in [1.82, 2.24) is 9.97 Å². The van der Waals surface area contributed by atoms with Gasteiger partial charge < -0.3 is 4.74 Å². The minimum atomic E-state index is -0.244. The van der Waals surface area contributed by atoms with Crippen LogP contribution in [0.3, 0.4) is 0 Å². The molecule has 0 atom stereocenters. The van der Waals surface area contributed by atoms with Gasteiger partial charge in [0, 0.05) is 13.2 Å². The van der Waals surface area contributed by atoms with E-state index in [1.54, 1.807) is 7.11 Å². The molecular weight excluding hydrogens is 312 g/mol. The molecule has 1 saturated carbocycles. The molecule has 0 amide bonds. The molecule has 1 aromatic heterocycles. The number of nitrogens with zero attached hydrogens (tertiary/aromatic N) is 2. The third-order valence-electron chi connectivity index (χ3n) is 2.62. The van der Waals surface area contributed by atoms with Crippen molar-refractivity contribution in [3.05, 3.63) is 21.1 Å². The Balaban J connectivity index is 2.39. The van der Waals surface area contributed by atoms with E-state index in [0.717, 1.165) is 27.9 Å². The molecule has 1 fully saturated rings. The summed E-state index contributed by atoms with van der Waals surface area (Å²) >= 11 is 6.70. The Labute approximate surface area is 99.5 Å². The number of aromatic nitrogens is 2. The van der Waals surface area contributed by atoms with Crippen molar-refractivity contribution in [2.75, 3.05) is 7.11 Å². The molecule has 3 nitrogen and oxygen atoms in total. The zero-order valence-corrected chi connectivity index (χ0v) is 10.9. The standard InChI is InChI=1S/C9H10Br2N2O/c1-14-9(3-2-4-9)8-12-6(10)5-7(11)13-8/h5H,2-4H2,1H3. The lowest BCUT2D eigenvalue weighted by atomic mass is 9.79. The van der Waals surface area contributed by atoms with E-state index in [-0.39, 0.29) is 5.60 Å². The quantitative estimate of drug-likeness (QED) is 0.785. The van der Waals surface area contributed by atoms with Gasteiger partial charge in [0.05, 0.1) is 0 Å². The molecule has 1 aliphatic rings. The Kier molecular flexibility index (Phi) is 2.91. The van der Waals surface area contributed by atoms with Crippen molar-refractivity contribution in [3.8, 4) is 0 Å². The summed E-state index contributed by atoms with van der Waals surface area (Å²) in [5.74, 6) is 0.771. The van der Waals surface area contributed by atoms with Gasteiger partial charge in [0.15, 0.2) is 5.82 Å². The van der Waals surface area contributed by atoms with Crippen LogP contribution in [0.4, 0.5) is 0 Å². The van der Waals surface area contributed by atoms with Crippen LogP contribution in [0.15, 0.2) is 15.3 Å². The maximum Gasteiger partial charge on any atom is 0.162 e. The molecule has 5 heteroatoms. The Morgan fingerprint density at radius 3 is 2.21 bits per heavy atom. The maximum atomic E-state index is 5.50. The summed E-state index contributed by atoms with van der Waals surface area (Å²) in [5, 5.41) is 0. The van der Waals surface area contributed by atoms with Gasteiger partial charge in [-0.25, -0.2) is 9.97 Å². The highest BCUT2D eigenvalue weighted by atomic mass is 79.9. The first kappa shape index (κ1) is 10.5. The lowest BCUT2D eigenvalue weighted by molar-refractivity contribution is -0.0849. The number of halogens is 2. The molecule has 0 unspecified atom stereocenters. The summed E-state index contributed by atoms with van der Waals surface area (Å²) in [6, 6.07) is 1.82. The first-order chi connectivity index (χ1) is 6.66. The van der Waals surface area contributed by atoms with Crippen LogP contribution in [0, 0.1) is 0 Å². The molecule has 0 spiro atoms. The second kappa shape index (κ2) is 3.87. The predicted molar refractivity (Wildman–Crippen MR) is 60.0 cm³/mol. The van der Waals surface area contributed by atoms with E-state index in [0.29, 0.717) is 0 Å². The van der Waals surface area contributed by atoms with Crippen molar-refractivity contribution in [1.29, 1.82) is 0 Å². The van der Waals surface area contributed by atoms with Crippen LogP contribution in [-0.2, 0) is 10.3 Å². The molecule has 2 rings (SSSR count). The van der Waals surface area contributed by atoms with Crippen molar-refractivity contribution in [2.24, 2.45) is 0 Å². The Bertz CT molecular complexity index is 327. The lowest BCUT2D eigenvalue weighted by Crippen LogP contribution is -2.38. The predicted octanol–water partition coefficient (Wildman–Crippen LogP) is 3.03. The van der Waals surface area contributed by atoms with Crippen LogP contribution >= 0.6 is 31.9 Å². The normalized spacial score (nSPS) is 19.1. The van der Waals surface area contributed by atoms with Gasteiger partial charge in [0.1, 0.15) is 14.8 Å². The second-order valence-electron chi connectivity index (χ2n) is 3.39. The summed E-state index contributed by atoms with van der Waals surface area (Å²) in [7, 11) is 1.72. The van der Waals surface area contributed by atoms with Gasteiger partial charge in [0.2, 0.25) is 0 Å². The second-order valence-corrected chi connectivity index (χ2v) is 5.01. The lowest BCUT2D eigenvalue weighted by Gasteiger charge is -2.38. The molecule has 0 radical (unpaired) electrons. The number of rotatable bonds is 2. The van der Waals surface area contributed by atoms with Gasteiger partial charge in [-0.1, -0.05) is 0 Å². The molecule has 1 heterocycles. The summed E-state index contributed by atoms with van der Waals surface area (Å²) in [4.78, 5) is 8.70. The highest BCUT2D eigenvalue weighted by Crippen LogP contribution is 2.43. The number of ether oxygens (including phenoxy) is 1. The third-order valence-corrected chi connectivity index (χ3v) is 3.44. The minimum Gasteiger partial charge on any atom is -0.370 e. The molecule has 14 heavy (non-hydrogen) atoms. The average Bonchev–Trinajstić information content (AvgIpc) is 2.01. The van der Waals surface area contributed by atoms with E-state index < -0.39 is 0 Å². The van der Waals surface area contributed by atoms with E-state index in [9.17, 15) is 0 Å². The van der Waals surface area contributed by atoms with Gasteiger partial charge in [0.25, 0.3) is 0 Å². The van der Waals surface area contributed by atoms with Gasteiger partial charge in [-0.3, -0.25) is 0 Å². The summed E-state index contributed by atoms with van der Waals surface area (Å²) in [5.41, 5.74) is -0.244. The SMILES string of the molecule is COC1(c2nc(Br)cc(Br)n2)CCC1. The molecule has 1 aromatic rings. The molecule has 76 valence electrons. The highest BCUT2D eigenvalue weighted by Gasteiger charge is 2.41. The molecule has 0 N–H and O–H groups in total. The largest absolute Gasteiger partial charge is 0.370 e. The van der Waals surface area contributed by atoms with E-state index in [1.165, 1.54) is 6.42 Å².